The van der Waals surface area contributed by atoms with Gasteiger partial charge in [0.25, 0.3) is 0 Å². The van der Waals surface area contributed by atoms with Crippen molar-refractivity contribution in [2.24, 2.45) is 0 Å². The van der Waals surface area contributed by atoms with E-state index in [0.29, 0.717) is 11.3 Å². The number of nitriles is 1. The molecule has 0 heterocycles. The van der Waals surface area contributed by atoms with Crippen LogP contribution in [0.1, 0.15) is 78.5 Å². The molecule has 2 aliphatic rings. The predicted molar refractivity (Wildman–Crippen MR) is 286 cm³/mol. The molecule has 4 nitrogen and oxygen atoms in total. The number of hydrogen-bond acceptors (Lipinski definition) is 3. The van der Waals surface area contributed by atoms with E-state index in [-0.39, 0.29) is 11.8 Å². The Hall–Kier alpha value is -8.70. The van der Waals surface area contributed by atoms with Crippen LogP contribution in [0.3, 0.4) is 0 Å². The second kappa shape index (κ2) is 16.3. The summed E-state index contributed by atoms with van der Waals surface area (Å²) in [5, 5.41) is 14.7. The molecule has 10 aromatic carbocycles. The van der Waals surface area contributed by atoms with Gasteiger partial charge in [0, 0.05) is 34.1 Å². The third kappa shape index (κ3) is 6.34. The van der Waals surface area contributed by atoms with Crippen molar-refractivity contribution in [1.29, 1.82) is 5.26 Å². The second-order valence-corrected chi connectivity index (χ2v) is 19.0. The smallest absolute Gasteiger partial charge is 0.187 e. The molecule has 0 amide bonds. The molecule has 0 N–H and O–H groups in total. The monoisotopic (exact) mass is 884 g/mol. The fourth-order valence-corrected chi connectivity index (χ4v) is 11.7. The van der Waals surface area contributed by atoms with E-state index >= 15 is 0 Å². The van der Waals surface area contributed by atoms with Crippen molar-refractivity contribution >= 4 is 61.4 Å². The van der Waals surface area contributed by atoms with Crippen LogP contribution in [0.15, 0.2) is 206 Å². The number of benzene rings is 10. The summed E-state index contributed by atoms with van der Waals surface area (Å²) in [7, 11) is 0. The molecule has 0 aromatic heterocycles. The minimum atomic E-state index is -0.622. The summed E-state index contributed by atoms with van der Waals surface area (Å²) in [6.07, 6.45) is 0. The third-order valence-corrected chi connectivity index (χ3v) is 14.6. The number of para-hydroxylation sites is 2. The van der Waals surface area contributed by atoms with Crippen molar-refractivity contribution in [2.45, 2.75) is 44.9 Å². The van der Waals surface area contributed by atoms with E-state index in [4.69, 9.17) is 6.57 Å². The summed E-state index contributed by atoms with van der Waals surface area (Å²) in [6, 6.07) is 76.7. The molecular formula is C65H48N4. The summed E-state index contributed by atoms with van der Waals surface area (Å²) in [4.78, 5) is 8.32. The fraction of sp³-hybridized carbons (Fsp3) is 0.108. The molecule has 2 aliphatic carbocycles. The molecule has 0 aliphatic heterocycles. The van der Waals surface area contributed by atoms with Crippen LogP contribution in [-0.4, -0.2) is 0 Å². The van der Waals surface area contributed by atoms with Gasteiger partial charge in [0.15, 0.2) is 5.69 Å². The first-order valence-corrected chi connectivity index (χ1v) is 23.9. The summed E-state index contributed by atoms with van der Waals surface area (Å²) < 4.78 is 0. The van der Waals surface area contributed by atoms with Crippen LogP contribution in [0.2, 0.25) is 0 Å². The minimum Gasteiger partial charge on any atom is -0.311 e. The molecule has 0 bridgehead atoms. The quantitative estimate of drug-likeness (QED) is 0.143. The van der Waals surface area contributed by atoms with Gasteiger partial charge in [-0.05, 0) is 186 Å². The normalized spacial score (nSPS) is 12.7. The molecule has 10 aromatic rings. The zero-order valence-electron chi connectivity index (χ0n) is 39.1. The standard InChI is InChI=1S/C65H48N4/c1-41(2)55-38-59-60-39-56(42(3)4)58-37-50(69(46-18-10-7-11-19-46)48-30-26-44(67-5)27-31-48)33-35-54(58)64(60)65(61-22-14-12-20-51(61)52-21-13-15-23-62(52)65)63(59)53-34-32-49(36-57(53)55)68(45-16-8-6-9-17-45)47-28-24-43(40-66)25-29-47/h6-39,41-42H,1-4H3. The van der Waals surface area contributed by atoms with Gasteiger partial charge in [0.05, 0.1) is 23.6 Å². The number of hydrogen-bond donors (Lipinski definition) is 0. The minimum absolute atomic E-state index is 0.233. The highest BCUT2D eigenvalue weighted by Crippen LogP contribution is 2.66. The van der Waals surface area contributed by atoms with Gasteiger partial charge in [-0.3, -0.25) is 0 Å². The molecule has 0 saturated heterocycles. The van der Waals surface area contributed by atoms with Crippen molar-refractivity contribution in [3.63, 3.8) is 0 Å². The fourth-order valence-electron chi connectivity index (χ4n) is 11.7. The van der Waals surface area contributed by atoms with Crippen molar-refractivity contribution in [1.82, 2.24) is 0 Å². The molecule has 4 heteroatoms. The van der Waals surface area contributed by atoms with E-state index in [0.717, 1.165) is 34.1 Å². The van der Waals surface area contributed by atoms with E-state index in [1.165, 1.54) is 77.2 Å². The predicted octanol–water partition coefficient (Wildman–Crippen LogP) is 17.9. The van der Waals surface area contributed by atoms with E-state index in [9.17, 15) is 5.26 Å². The van der Waals surface area contributed by atoms with Gasteiger partial charge >= 0.3 is 0 Å². The Morgan fingerprint density at radius 3 is 1.23 bits per heavy atom. The molecule has 69 heavy (non-hydrogen) atoms. The topological polar surface area (TPSA) is 34.6 Å². The van der Waals surface area contributed by atoms with Crippen molar-refractivity contribution < 1.29 is 0 Å². The van der Waals surface area contributed by atoms with E-state index in [2.05, 4.69) is 218 Å². The van der Waals surface area contributed by atoms with Crippen molar-refractivity contribution in [3.05, 3.63) is 257 Å². The maximum absolute atomic E-state index is 9.72. The maximum atomic E-state index is 9.72. The zero-order valence-corrected chi connectivity index (χ0v) is 39.1. The van der Waals surface area contributed by atoms with E-state index < -0.39 is 5.41 Å². The highest BCUT2D eigenvalue weighted by molar-refractivity contribution is 6.11. The lowest BCUT2D eigenvalue weighted by Crippen LogP contribution is -2.27. The summed E-state index contributed by atoms with van der Waals surface area (Å²) in [5.74, 6) is 0.467. The van der Waals surface area contributed by atoms with Crippen LogP contribution in [0, 0.1) is 17.9 Å². The van der Waals surface area contributed by atoms with E-state index in [1.807, 2.05) is 36.4 Å². The van der Waals surface area contributed by atoms with Crippen molar-refractivity contribution in [2.75, 3.05) is 9.80 Å². The average molecular weight is 885 g/mol. The van der Waals surface area contributed by atoms with Gasteiger partial charge in [-0.15, -0.1) is 0 Å². The molecule has 0 saturated carbocycles. The first-order chi connectivity index (χ1) is 33.8. The molecule has 0 atom stereocenters. The van der Waals surface area contributed by atoms with E-state index in [1.54, 1.807) is 0 Å². The largest absolute Gasteiger partial charge is 0.311 e. The number of fused-ring (bicyclic) bond motifs is 14. The molecule has 12 rings (SSSR count). The van der Waals surface area contributed by atoms with Gasteiger partial charge in [-0.1, -0.05) is 137 Å². The van der Waals surface area contributed by atoms with Gasteiger partial charge < -0.3 is 9.80 Å². The molecular weight excluding hydrogens is 837 g/mol. The molecule has 328 valence electrons. The van der Waals surface area contributed by atoms with Gasteiger partial charge in [0.1, 0.15) is 0 Å². The lowest BCUT2D eigenvalue weighted by Gasteiger charge is -2.34. The van der Waals surface area contributed by atoms with Crippen LogP contribution in [0.4, 0.5) is 39.8 Å². The Kier molecular flexibility index (Phi) is 9.84. The number of anilines is 6. The Morgan fingerprint density at radius 2 is 0.812 bits per heavy atom. The van der Waals surface area contributed by atoms with Gasteiger partial charge in [-0.2, -0.15) is 5.26 Å². The van der Waals surface area contributed by atoms with Crippen molar-refractivity contribution in [3.8, 4) is 28.3 Å². The van der Waals surface area contributed by atoms with Crippen LogP contribution < -0.4 is 9.80 Å². The Bertz CT molecular complexity index is 3490. The molecule has 0 unspecified atom stereocenters. The lowest BCUT2D eigenvalue weighted by molar-refractivity contribution is 0.806. The Labute approximate surface area is 404 Å². The lowest BCUT2D eigenvalue weighted by atomic mass is 9.67. The second-order valence-electron chi connectivity index (χ2n) is 19.0. The third-order valence-electron chi connectivity index (χ3n) is 14.6. The zero-order chi connectivity index (χ0) is 47.0. The summed E-state index contributed by atoms with van der Waals surface area (Å²) in [6.45, 7) is 17.0. The van der Waals surface area contributed by atoms with Gasteiger partial charge in [0.2, 0.25) is 0 Å². The number of nitrogens with zero attached hydrogens (tertiary/aromatic N) is 4. The molecule has 0 fully saturated rings. The van der Waals surface area contributed by atoms with Crippen LogP contribution in [0.25, 0.3) is 48.6 Å². The number of rotatable bonds is 8. The van der Waals surface area contributed by atoms with Crippen LogP contribution in [0.5, 0.6) is 0 Å². The highest BCUT2D eigenvalue weighted by atomic mass is 15.1. The SMILES string of the molecule is [C-]#[N+]c1ccc(N(c2ccccc2)c2ccc3c4c(cc(C(C)C)c3c2)-c2cc(C(C)C)c3cc(N(c5ccccc5)c5ccc(C#N)cc5)ccc3c2C42c3ccccc3-c3ccccc32)cc1. The first-order valence-electron chi connectivity index (χ1n) is 23.9. The van der Waals surface area contributed by atoms with Crippen LogP contribution >= 0.6 is 0 Å². The highest BCUT2D eigenvalue weighted by Gasteiger charge is 2.53. The Morgan fingerprint density at radius 1 is 0.420 bits per heavy atom. The summed E-state index contributed by atoms with van der Waals surface area (Å²) in [5.41, 5.74) is 19.9. The van der Waals surface area contributed by atoms with Gasteiger partial charge in [-0.25, -0.2) is 4.85 Å². The van der Waals surface area contributed by atoms with Crippen LogP contribution in [-0.2, 0) is 5.41 Å². The Balaban J connectivity index is 1.17. The molecule has 1 spiro atoms. The summed E-state index contributed by atoms with van der Waals surface area (Å²) >= 11 is 0. The molecule has 0 radical (unpaired) electrons. The average Bonchev–Trinajstić information content (AvgIpc) is 3.86. The maximum Gasteiger partial charge on any atom is 0.187 e. The first kappa shape index (κ1) is 41.7.